The number of ether oxygens (including phenoxy) is 2. The molecule has 2 aromatic rings. The van der Waals surface area contributed by atoms with Crippen LogP contribution in [0.25, 0.3) is 0 Å². The minimum atomic E-state index is -3.87. The van der Waals surface area contributed by atoms with Gasteiger partial charge in [-0.15, -0.1) is 5.10 Å². The Labute approximate surface area is 110 Å². The van der Waals surface area contributed by atoms with Gasteiger partial charge >= 0.3 is 0 Å². The molecule has 0 aliphatic heterocycles. The molecular weight excluding hydrogens is 270 g/mol. The molecule has 1 aromatic heterocycles. The van der Waals surface area contributed by atoms with Crippen molar-refractivity contribution < 1.29 is 17.9 Å². The van der Waals surface area contributed by atoms with Crippen LogP contribution in [-0.4, -0.2) is 31.8 Å². The van der Waals surface area contributed by atoms with Gasteiger partial charge in [-0.3, -0.25) is 0 Å². The molecule has 8 heteroatoms. The van der Waals surface area contributed by atoms with E-state index in [1.54, 1.807) is 6.07 Å². The summed E-state index contributed by atoms with van der Waals surface area (Å²) in [6.45, 7) is 0. The molecule has 0 aliphatic carbocycles. The number of nitrogen functional groups attached to an aromatic ring is 1. The molecule has 0 aliphatic rings. The second-order valence-electron chi connectivity index (χ2n) is 3.63. The van der Waals surface area contributed by atoms with E-state index in [0.29, 0.717) is 5.75 Å². The summed E-state index contributed by atoms with van der Waals surface area (Å²) in [7, 11) is -1.04. The lowest BCUT2D eigenvalue weighted by Crippen LogP contribution is -2.15. The fraction of sp³-hybridized carbons (Fsp3) is 0.182. The zero-order chi connectivity index (χ0) is 14.0. The first-order valence-corrected chi connectivity index (χ1v) is 6.72. The highest BCUT2D eigenvalue weighted by Crippen LogP contribution is 2.29. The summed E-state index contributed by atoms with van der Waals surface area (Å²) in [6.07, 6.45) is 1.27. The fourth-order valence-electron chi connectivity index (χ4n) is 1.54. The Balaban J connectivity index is 2.62. The molecule has 0 saturated carbocycles. The molecule has 0 spiro atoms. The average Bonchev–Trinajstić information content (AvgIpc) is 2.85. The third kappa shape index (κ3) is 2.34. The molecule has 2 N–H and O–H groups in total. The highest BCUT2D eigenvalue weighted by Gasteiger charge is 2.23. The van der Waals surface area contributed by atoms with Crippen molar-refractivity contribution in [3.63, 3.8) is 0 Å². The van der Waals surface area contributed by atoms with Crippen molar-refractivity contribution in [2.45, 2.75) is 4.90 Å². The molecule has 102 valence electrons. The van der Waals surface area contributed by atoms with Crippen LogP contribution in [0.4, 0.5) is 5.82 Å². The molecule has 7 nitrogen and oxygen atoms in total. The molecular formula is C11H13N3O4S. The molecule has 0 fully saturated rings. The number of hydrogen-bond donors (Lipinski definition) is 1. The maximum absolute atomic E-state index is 12.4. The molecule has 0 bridgehead atoms. The largest absolute Gasteiger partial charge is 0.497 e. The lowest BCUT2D eigenvalue weighted by molar-refractivity contribution is 0.392. The first-order chi connectivity index (χ1) is 8.98. The highest BCUT2D eigenvalue weighted by atomic mass is 32.2. The first kappa shape index (κ1) is 13.2. The summed E-state index contributed by atoms with van der Waals surface area (Å²) in [5.41, 5.74) is 5.43. The number of nitrogens with zero attached hydrogens (tertiary/aromatic N) is 2. The van der Waals surface area contributed by atoms with E-state index >= 15 is 0 Å². The van der Waals surface area contributed by atoms with E-state index in [9.17, 15) is 8.42 Å². The van der Waals surface area contributed by atoms with E-state index in [1.165, 1.54) is 38.6 Å². The Bertz CT molecular complexity index is 694. The van der Waals surface area contributed by atoms with Gasteiger partial charge in [-0.25, -0.2) is 0 Å². The lowest BCUT2D eigenvalue weighted by Gasteiger charge is -2.10. The van der Waals surface area contributed by atoms with Gasteiger partial charge in [0.1, 0.15) is 22.2 Å². The van der Waals surface area contributed by atoms with Crippen LogP contribution in [-0.2, 0) is 10.0 Å². The third-order valence-electron chi connectivity index (χ3n) is 2.48. The molecule has 1 aromatic carbocycles. The Hall–Kier alpha value is -2.22. The zero-order valence-electron chi connectivity index (χ0n) is 10.4. The van der Waals surface area contributed by atoms with Crippen LogP contribution < -0.4 is 15.2 Å². The lowest BCUT2D eigenvalue weighted by atomic mass is 10.3. The quantitative estimate of drug-likeness (QED) is 0.888. The molecule has 0 saturated heterocycles. The van der Waals surface area contributed by atoms with E-state index in [0.717, 1.165) is 4.09 Å². The highest BCUT2D eigenvalue weighted by molar-refractivity contribution is 7.90. The van der Waals surface area contributed by atoms with Crippen LogP contribution in [0.15, 0.2) is 35.4 Å². The SMILES string of the molecule is COc1ccc(OC)c(S(=O)(=O)n2ccc(N)n2)c1. The fourth-order valence-corrected chi connectivity index (χ4v) is 2.84. The van der Waals surface area contributed by atoms with E-state index < -0.39 is 10.0 Å². The van der Waals surface area contributed by atoms with Crippen molar-refractivity contribution in [3.05, 3.63) is 30.5 Å². The standard InChI is InChI=1S/C11H13N3O4S/c1-17-8-3-4-9(18-2)10(7-8)19(15,16)14-6-5-11(12)13-14/h3-7H,1-2H3,(H2,12,13). The van der Waals surface area contributed by atoms with Crippen LogP contribution in [0.5, 0.6) is 11.5 Å². The van der Waals surface area contributed by atoms with Crippen LogP contribution in [0.3, 0.4) is 0 Å². The number of hydrogen-bond acceptors (Lipinski definition) is 6. The molecule has 2 rings (SSSR count). The van der Waals surface area contributed by atoms with Crippen molar-refractivity contribution in [2.75, 3.05) is 20.0 Å². The van der Waals surface area contributed by atoms with Crippen LogP contribution in [0.2, 0.25) is 0 Å². The smallest absolute Gasteiger partial charge is 0.286 e. The number of aromatic nitrogens is 2. The number of benzene rings is 1. The molecule has 0 radical (unpaired) electrons. The zero-order valence-corrected chi connectivity index (χ0v) is 11.2. The summed E-state index contributed by atoms with van der Waals surface area (Å²) >= 11 is 0. The number of anilines is 1. The van der Waals surface area contributed by atoms with Crippen molar-refractivity contribution in [3.8, 4) is 11.5 Å². The van der Waals surface area contributed by atoms with E-state index in [-0.39, 0.29) is 16.5 Å². The molecule has 0 amide bonds. The Morgan fingerprint density at radius 2 is 1.95 bits per heavy atom. The van der Waals surface area contributed by atoms with E-state index in [1.807, 2.05) is 0 Å². The molecule has 1 heterocycles. The summed E-state index contributed by atoms with van der Waals surface area (Å²) in [5, 5.41) is 3.70. The van der Waals surface area contributed by atoms with Gasteiger partial charge in [0.25, 0.3) is 10.0 Å². The van der Waals surface area contributed by atoms with Crippen LogP contribution in [0.1, 0.15) is 0 Å². The first-order valence-electron chi connectivity index (χ1n) is 5.28. The van der Waals surface area contributed by atoms with Crippen LogP contribution >= 0.6 is 0 Å². The molecule has 19 heavy (non-hydrogen) atoms. The summed E-state index contributed by atoms with van der Waals surface area (Å²) in [4.78, 5) is -0.0440. The second kappa shape index (κ2) is 4.81. The summed E-state index contributed by atoms with van der Waals surface area (Å²) < 4.78 is 35.7. The van der Waals surface area contributed by atoms with Crippen molar-refractivity contribution in [2.24, 2.45) is 0 Å². The monoisotopic (exact) mass is 283 g/mol. The number of methoxy groups -OCH3 is 2. The van der Waals surface area contributed by atoms with Gasteiger partial charge in [0, 0.05) is 18.3 Å². The Kier molecular flexibility index (Phi) is 3.34. The van der Waals surface area contributed by atoms with Gasteiger partial charge < -0.3 is 15.2 Å². The van der Waals surface area contributed by atoms with Crippen molar-refractivity contribution in [1.29, 1.82) is 0 Å². The molecule has 0 atom stereocenters. The summed E-state index contributed by atoms with van der Waals surface area (Å²) in [5.74, 6) is 0.722. The van der Waals surface area contributed by atoms with Crippen molar-refractivity contribution in [1.82, 2.24) is 9.19 Å². The second-order valence-corrected chi connectivity index (χ2v) is 5.40. The van der Waals surface area contributed by atoms with Gasteiger partial charge in [-0.05, 0) is 12.1 Å². The van der Waals surface area contributed by atoms with Gasteiger partial charge in [0.2, 0.25) is 0 Å². The maximum Gasteiger partial charge on any atom is 0.286 e. The normalized spacial score (nSPS) is 11.3. The minimum Gasteiger partial charge on any atom is -0.497 e. The van der Waals surface area contributed by atoms with Gasteiger partial charge in [0.05, 0.1) is 14.2 Å². The third-order valence-corrected chi connectivity index (χ3v) is 4.05. The van der Waals surface area contributed by atoms with Gasteiger partial charge in [0.15, 0.2) is 0 Å². The van der Waals surface area contributed by atoms with Gasteiger partial charge in [-0.1, -0.05) is 0 Å². The maximum atomic E-state index is 12.4. The van der Waals surface area contributed by atoms with Crippen molar-refractivity contribution >= 4 is 15.8 Å². The molecule has 0 unspecified atom stereocenters. The number of rotatable bonds is 4. The Morgan fingerprint density at radius 3 is 2.47 bits per heavy atom. The summed E-state index contributed by atoms with van der Waals surface area (Å²) in [6, 6.07) is 5.88. The predicted molar refractivity (Wildman–Crippen MR) is 68.8 cm³/mol. The van der Waals surface area contributed by atoms with E-state index in [2.05, 4.69) is 5.10 Å². The van der Waals surface area contributed by atoms with Gasteiger partial charge in [-0.2, -0.15) is 12.5 Å². The Morgan fingerprint density at radius 1 is 1.21 bits per heavy atom. The van der Waals surface area contributed by atoms with Crippen LogP contribution in [0, 0.1) is 0 Å². The van der Waals surface area contributed by atoms with E-state index in [4.69, 9.17) is 15.2 Å². The minimum absolute atomic E-state index is 0.0440. The average molecular weight is 283 g/mol. The topological polar surface area (TPSA) is 96.4 Å². The predicted octanol–water partition coefficient (Wildman–Crippen LogP) is 0.719. The number of nitrogens with two attached hydrogens (primary N) is 1.